The molecule has 0 bridgehead atoms. The van der Waals surface area contributed by atoms with Crippen LogP contribution in [0.1, 0.15) is 22.8 Å². The summed E-state index contributed by atoms with van der Waals surface area (Å²) in [5, 5.41) is 7.21. The highest BCUT2D eigenvalue weighted by Gasteiger charge is 2.15. The van der Waals surface area contributed by atoms with Gasteiger partial charge in [0.15, 0.2) is 15.7 Å². The first-order valence-corrected chi connectivity index (χ1v) is 13.6. The van der Waals surface area contributed by atoms with Crippen molar-refractivity contribution in [2.24, 2.45) is 0 Å². The van der Waals surface area contributed by atoms with E-state index >= 15 is 0 Å². The first-order chi connectivity index (χ1) is 18.2. The van der Waals surface area contributed by atoms with Crippen molar-refractivity contribution in [1.29, 1.82) is 0 Å². The Morgan fingerprint density at radius 3 is 2.50 bits per heavy atom. The number of nitrogens with zero attached hydrogens (tertiary/aromatic N) is 3. The molecule has 1 amide bonds. The molecule has 2 heterocycles. The molecule has 2 aromatic carbocycles. The van der Waals surface area contributed by atoms with Crippen LogP contribution >= 0.6 is 0 Å². The lowest BCUT2D eigenvalue weighted by Crippen LogP contribution is -2.18. The molecule has 1 atom stereocenters. The predicted molar refractivity (Wildman–Crippen MR) is 142 cm³/mol. The Hall–Kier alpha value is -4.22. The molecule has 10 nitrogen and oxygen atoms in total. The highest BCUT2D eigenvalue weighted by molar-refractivity contribution is 7.90. The van der Waals surface area contributed by atoms with Crippen LogP contribution in [0.25, 0.3) is 0 Å². The molecule has 2 aromatic heterocycles. The lowest BCUT2D eigenvalue weighted by atomic mass is 10.2. The summed E-state index contributed by atoms with van der Waals surface area (Å²) in [4.78, 5) is 17.4. The average molecular weight is 537 g/mol. The van der Waals surface area contributed by atoms with Crippen molar-refractivity contribution < 1.29 is 27.4 Å². The number of hydrogen-bond acceptors (Lipinski definition) is 8. The number of anilines is 1. The number of carbonyl (C=O) groups excluding carboxylic acids is 1. The Kier molecular flexibility index (Phi) is 8.39. The van der Waals surface area contributed by atoms with E-state index in [9.17, 15) is 13.2 Å². The molecule has 1 N–H and O–H groups in total. The van der Waals surface area contributed by atoms with Crippen LogP contribution in [0.4, 0.5) is 5.82 Å². The summed E-state index contributed by atoms with van der Waals surface area (Å²) in [5.41, 5.74) is 1.27. The Morgan fingerprint density at radius 1 is 1.05 bits per heavy atom. The number of benzene rings is 2. The third-order valence-electron chi connectivity index (χ3n) is 5.32. The van der Waals surface area contributed by atoms with Crippen LogP contribution in [0.2, 0.25) is 0 Å². The van der Waals surface area contributed by atoms with Crippen molar-refractivity contribution in [3.05, 3.63) is 90.4 Å². The van der Waals surface area contributed by atoms with Crippen molar-refractivity contribution in [3.63, 3.8) is 0 Å². The van der Waals surface area contributed by atoms with Gasteiger partial charge in [-0.3, -0.25) is 14.5 Å². The molecule has 0 saturated carbocycles. The van der Waals surface area contributed by atoms with Crippen molar-refractivity contribution in [2.45, 2.75) is 24.5 Å². The molecule has 0 radical (unpaired) electrons. The minimum Gasteiger partial charge on any atom is -0.488 e. The fourth-order valence-corrected chi connectivity index (χ4v) is 4.24. The number of methoxy groups -OCH3 is 1. The molecule has 4 aromatic rings. The molecule has 0 saturated heterocycles. The van der Waals surface area contributed by atoms with E-state index in [2.05, 4.69) is 15.4 Å². The molecule has 0 unspecified atom stereocenters. The second-order valence-electron chi connectivity index (χ2n) is 8.64. The van der Waals surface area contributed by atoms with E-state index < -0.39 is 15.7 Å². The zero-order valence-corrected chi connectivity index (χ0v) is 22.0. The average Bonchev–Trinajstić information content (AvgIpc) is 3.31. The van der Waals surface area contributed by atoms with Crippen molar-refractivity contribution in [1.82, 2.24) is 14.8 Å². The van der Waals surface area contributed by atoms with E-state index in [0.717, 1.165) is 11.8 Å². The number of sulfone groups is 1. The van der Waals surface area contributed by atoms with Gasteiger partial charge in [-0.1, -0.05) is 6.07 Å². The first kappa shape index (κ1) is 26.8. The topological polar surface area (TPSA) is 122 Å². The van der Waals surface area contributed by atoms with Gasteiger partial charge in [0.2, 0.25) is 0 Å². The van der Waals surface area contributed by atoms with Crippen molar-refractivity contribution in [2.75, 3.05) is 25.3 Å². The quantitative estimate of drug-likeness (QED) is 0.303. The fraction of sp³-hybridized carbons (Fsp3) is 0.222. The number of carbonyl (C=O) groups is 1. The zero-order valence-electron chi connectivity index (χ0n) is 21.2. The van der Waals surface area contributed by atoms with Gasteiger partial charge in [0.1, 0.15) is 23.4 Å². The highest BCUT2D eigenvalue weighted by atomic mass is 32.2. The van der Waals surface area contributed by atoms with Crippen LogP contribution in [0.5, 0.6) is 17.2 Å². The van der Waals surface area contributed by atoms with E-state index in [1.165, 1.54) is 12.1 Å². The van der Waals surface area contributed by atoms with E-state index in [4.69, 9.17) is 14.2 Å². The summed E-state index contributed by atoms with van der Waals surface area (Å²) in [5.74, 6) is 1.13. The van der Waals surface area contributed by atoms with E-state index in [1.54, 1.807) is 66.8 Å². The highest BCUT2D eigenvalue weighted by Crippen LogP contribution is 2.29. The molecule has 0 spiro atoms. The Bertz CT molecular complexity index is 1490. The summed E-state index contributed by atoms with van der Waals surface area (Å²) >= 11 is 0. The standard InChI is InChI=1S/C27H28N4O6S/c1-19(18-35-2)36-23-13-21(14-24(15-23)37-22-6-8-25(9-7-22)38(3,33)34)27(32)29-26-10-12-31(30-26)17-20-5-4-11-28-16-20/h4-16,19H,17-18H2,1-3H3,(H,29,30,32)/t19-/m0/s1. The Morgan fingerprint density at radius 2 is 1.82 bits per heavy atom. The van der Waals surface area contributed by atoms with Crippen LogP contribution in [-0.2, 0) is 21.1 Å². The minimum atomic E-state index is -3.33. The van der Waals surface area contributed by atoms with E-state index in [1.807, 2.05) is 19.1 Å². The number of nitrogens with one attached hydrogen (secondary N) is 1. The van der Waals surface area contributed by atoms with Gasteiger partial charge in [-0.25, -0.2) is 8.42 Å². The van der Waals surface area contributed by atoms with Gasteiger partial charge in [0.05, 0.1) is 18.0 Å². The monoisotopic (exact) mass is 536 g/mol. The molecule has 0 fully saturated rings. The van der Waals surface area contributed by atoms with Gasteiger partial charge in [-0.15, -0.1) is 0 Å². The molecular formula is C27H28N4O6S. The van der Waals surface area contributed by atoms with E-state index in [-0.39, 0.29) is 16.6 Å². The minimum absolute atomic E-state index is 0.179. The lowest BCUT2D eigenvalue weighted by molar-refractivity contribution is 0.0915. The smallest absolute Gasteiger partial charge is 0.257 e. The van der Waals surface area contributed by atoms with Gasteiger partial charge in [0, 0.05) is 49.7 Å². The van der Waals surface area contributed by atoms with Gasteiger partial charge < -0.3 is 19.5 Å². The molecule has 0 aliphatic rings. The number of aromatic nitrogens is 3. The molecular weight excluding hydrogens is 508 g/mol. The predicted octanol–water partition coefficient (Wildman–Crippen LogP) is 4.19. The largest absolute Gasteiger partial charge is 0.488 e. The summed E-state index contributed by atoms with van der Waals surface area (Å²) in [6.07, 6.45) is 6.09. The van der Waals surface area contributed by atoms with Crippen LogP contribution in [0.3, 0.4) is 0 Å². The van der Waals surface area contributed by atoms with Gasteiger partial charge in [0.25, 0.3) is 5.91 Å². The maximum absolute atomic E-state index is 13.1. The number of rotatable bonds is 11. The molecule has 0 aliphatic heterocycles. The maximum Gasteiger partial charge on any atom is 0.257 e. The summed E-state index contributed by atoms with van der Waals surface area (Å²) in [6, 6.07) is 16.3. The summed E-state index contributed by atoms with van der Waals surface area (Å²) in [7, 11) is -1.76. The molecule has 11 heteroatoms. The molecule has 198 valence electrons. The van der Waals surface area contributed by atoms with Gasteiger partial charge in [-0.05, 0) is 55.0 Å². The fourth-order valence-electron chi connectivity index (χ4n) is 3.61. The SMILES string of the molecule is COC[C@H](C)Oc1cc(Oc2ccc(S(C)(=O)=O)cc2)cc(C(=O)Nc2ccn(Cc3cccnc3)n2)c1. The third-order valence-corrected chi connectivity index (χ3v) is 6.45. The van der Waals surface area contributed by atoms with Crippen molar-refractivity contribution in [3.8, 4) is 17.2 Å². The van der Waals surface area contributed by atoms with Crippen molar-refractivity contribution >= 4 is 21.6 Å². The summed E-state index contributed by atoms with van der Waals surface area (Å²) in [6.45, 7) is 2.71. The van der Waals surface area contributed by atoms with Crippen LogP contribution < -0.4 is 14.8 Å². The number of pyridine rings is 1. The summed E-state index contributed by atoms with van der Waals surface area (Å²) < 4.78 is 42.2. The third kappa shape index (κ3) is 7.40. The van der Waals surface area contributed by atoms with E-state index in [0.29, 0.717) is 36.2 Å². The maximum atomic E-state index is 13.1. The molecule has 38 heavy (non-hydrogen) atoms. The first-order valence-electron chi connectivity index (χ1n) is 11.7. The second-order valence-corrected chi connectivity index (χ2v) is 10.7. The second kappa shape index (κ2) is 11.9. The lowest BCUT2D eigenvalue weighted by Gasteiger charge is -2.16. The van der Waals surface area contributed by atoms with Gasteiger partial charge in [-0.2, -0.15) is 5.10 Å². The normalized spacial score (nSPS) is 12.1. The number of ether oxygens (including phenoxy) is 3. The van der Waals surface area contributed by atoms with Crippen LogP contribution in [0, 0.1) is 0 Å². The Labute approximate surface area is 221 Å². The van der Waals surface area contributed by atoms with Crippen LogP contribution in [0.15, 0.2) is 84.1 Å². The Balaban J connectivity index is 1.54. The van der Waals surface area contributed by atoms with Gasteiger partial charge >= 0.3 is 0 Å². The number of hydrogen-bond donors (Lipinski definition) is 1. The zero-order chi connectivity index (χ0) is 27.1. The van der Waals surface area contributed by atoms with Crippen LogP contribution in [-0.4, -0.2) is 55.2 Å². The molecule has 4 rings (SSSR count). The molecule has 0 aliphatic carbocycles. The number of amides is 1.